The predicted octanol–water partition coefficient (Wildman–Crippen LogP) is 3.86. The Morgan fingerprint density at radius 1 is 1.19 bits per heavy atom. The third-order valence-corrected chi connectivity index (χ3v) is 4.94. The van der Waals surface area contributed by atoms with Crippen LogP contribution in [0.3, 0.4) is 0 Å². The minimum Gasteiger partial charge on any atom is -0.357 e. The average molecular weight is 382 g/mol. The lowest BCUT2D eigenvalue weighted by atomic mass is 9.98. The maximum atomic E-state index is 14.3. The van der Waals surface area contributed by atoms with Gasteiger partial charge in [0.15, 0.2) is 22.3 Å². The molecule has 0 N–H and O–H groups in total. The first-order valence-electron chi connectivity index (χ1n) is 7.40. The Bertz CT molecular complexity index is 1070. The van der Waals surface area contributed by atoms with Gasteiger partial charge in [-0.3, -0.25) is 4.98 Å². The van der Waals surface area contributed by atoms with E-state index >= 15 is 0 Å². The molecule has 26 heavy (non-hydrogen) atoms. The van der Waals surface area contributed by atoms with E-state index in [1.165, 1.54) is 0 Å². The van der Waals surface area contributed by atoms with Gasteiger partial charge < -0.3 is 4.52 Å². The Kier molecular flexibility index (Phi) is 4.57. The molecule has 136 valence electrons. The highest BCUT2D eigenvalue weighted by Crippen LogP contribution is 2.37. The van der Waals surface area contributed by atoms with E-state index in [-0.39, 0.29) is 22.6 Å². The van der Waals surface area contributed by atoms with Crippen molar-refractivity contribution >= 4 is 9.84 Å². The molecular weight excluding hydrogens is 369 g/mol. The van der Waals surface area contributed by atoms with E-state index in [0.29, 0.717) is 17.5 Å². The fraction of sp³-hybridized carbons (Fsp3) is 0.176. The number of aromatic nitrogens is 2. The normalized spacial score (nSPS) is 11.7. The van der Waals surface area contributed by atoms with Crippen LogP contribution < -0.4 is 0 Å². The van der Waals surface area contributed by atoms with Gasteiger partial charge in [0.25, 0.3) is 0 Å². The number of nitrogens with zero attached hydrogens (tertiary/aromatic N) is 2. The van der Waals surface area contributed by atoms with Crippen LogP contribution in [-0.4, -0.2) is 24.8 Å². The molecule has 0 bridgehead atoms. The van der Waals surface area contributed by atoms with Gasteiger partial charge >= 0.3 is 0 Å². The van der Waals surface area contributed by atoms with E-state index in [4.69, 9.17) is 4.52 Å². The summed E-state index contributed by atoms with van der Waals surface area (Å²) in [6, 6.07) is 4.92. The fourth-order valence-corrected chi connectivity index (χ4v) is 3.52. The van der Waals surface area contributed by atoms with Crippen molar-refractivity contribution in [2.24, 2.45) is 0 Å². The quantitative estimate of drug-likeness (QED) is 0.685. The van der Waals surface area contributed by atoms with Crippen molar-refractivity contribution in [1.29, 1.82) is 0 Å². The van der Waals surface area contributed by atoms with Gasteiger partial charge in [0, 0.05) is 23.7 Å². The zero-order valence-electron chi connectivity index (χ0n) is 13.8. The van der Waals surface area contributed by atoms with Crippen molar-refractivity contribution in [2.75, 3.05) is 6.26 Å². The Hall–Kier alpha value is -2.68. The molecule has 5 nitrogen and oxygen atoms in total. The molecule has 0 aliphatic rings. The largest absolute Gasteiger partial charge is 0.357 e. The van der Waals surface area contributed by atoms with Gasteiger partial charge in [-0.15, -0.1) is 0 Å². The molecule has 2 aromatic heterocycles. The van der Waals surface area contributed by atoms with E-state index in [0.717, 1.165) is 12.1 Å². The highest BCUT2D eigenvalue weighted by Gasteiger charge is 2.26. The van der Waals surface area contributed by atoms with Gasteiger partial charge in [-0.1, -0.05) is 5.16 Å². The first-order chi connectivity index (χ1) is 12.2. The molecule has 3 aromatic rings. The molecule has 0 amide bonds. The van der Waals surface area contributed by atoms with Crippen LogP contribution in [0.15, 0.2) is 39.9 Å². The Balaban J connectivity index is 2.29. The van der Waals surface area contributed by atoms with Crippen LogP contribution in [0.25, 0.3) is 22.4 Å². The van der Waals surface area contributed by atoms with E-state index in [1.54, 1.807) is 25.3 Å². The smallest absolute Gasteiger partial charge is 0.181 e. The molecule has 0 aliphatic heterocycles. The first-order valence-corrected chi connectivity index (χ1v) is 9.29. The summed E-state index contributed by atoms with van der Waals surface area (Å²) >= 11 is 0. The van der Waals surface area contributed by atoms with Crippen LogP contribution in [0.2, 0.25) is 0 Å². The molecule has 0 spiro atoms. The SMILES string of the molecule is Cc1ncccc1-c1noc(CF)c1-c1cc(F)c(S(C)(=O)=O)c(F)c1. The monoisotopic (exact) mass is 382 g/mol. The molecule has 0 aliphatic carbocycles. The van der Waals surface area contributed by atoms with Crippen molar-refractivity contribution in [3.8, 4) is 22.4 Å². The van der Waals surface area contributed by atoms with E-state index < -0.39 is 33.0 Å². The lowest BCUT2D eigenvalue weighted by Crippen LogP contribution is -2.05. The number of rotatable bonds is 4. The van der Waals surface area contributed by atoms with Gasteiger partial charge in [0.1, 0.15) is 22.2 Å². The third kappa shape index (κ3) is 3.10. The highest BCUT2D eigenvalue weighted by molar-refractivity contribution is 7.90. The Morgan fingerprint density at radius 3 is 2.38 bits per heavy atom. The van der Waals surface area contributed by atoms with Crippen molar-refractivity contribution < 1.29 is 26.1 Å². The number of benzene rings is 1. The predicted molar refractivity (Wildman–Crippen MR) is 87.7 cm³/mol. The number of halogens is 3. The topological polar surface area (TPSA) is 73.1 Å². The summed E-state index contributed by atoms with van der Waals surface area (Å²) in [7, 11) is -4.11. The molecule has 0 saturated heterocycles. The van der Waals surface area contributed by atoms with Gasteiger partial charge in [-0.05, 0) is 36.8 Å². The molecule has 0 radical (unpaired) electrons. The molecular formula is C17H13F3N2O3S. The van der Waals surface area contributed by atoms with E-state index in [2.05, 4.69) is 10.1 Å². The van der Waals surface area contributed by atoms with Crippen LogP contribution >= 0.6 is 0 Å². The lowest BCUT2D eigenvalue weighted by Gasteiger charge is -2.08. The third-order valence-electron chi connectivity index (χ3n) is 3.80. The highest BCUT2D eigenvalue weighted by atomic mass is 32.2. The van der Waals surface area contributed by atoms with Crippen LogP contribution in [-0.2, 0) is 16.5 Å². The maximum Gasteiger partial charge on any atom is 0.181 e. The van der Waals surface area contributed by atoms with Crippen molar-refractivity contribution in [1.82, 2.24) is 10.1 Å². The minimum atomic E-state index is -4.11. The molecule has 0 atom stereocenters. The van der Waals surface area contributed by atoms with E-state index in [9.17, 15) is 21.6 Å². The second-order valence-corrected chi connectivity index (χ2v) is 7.59. The van der Waals surface area contributed by atoms with Crippen molar-refractivity contribution in [2.45, 2.75) is 18.5 Å². The van der Waals surface area contributed by atoms with Gasteiger partial charge in [-0.2, -0.15) is 0 Å². The average Bonchev–Trinajstić information content (AvgIpc) is 2.97. The summed E-state index contributed by atoms with van der Waals surface area (Å²) in [5.41, 5.74) is 1.18. The Morgan fingerprint density at radius 2 is 1.85 bits per heavy atom. The van der Waals surface area contributed by atoms with E-state index in [1.807, 2.05) is 0 Å². The number of sulfone groups is 1. The first kappa shape index (κ1) is 18.1. The number of hydrogen-bond donors (Lipinski definition) is 0. The second-order valence-electron chi connectivity index (χ2n) is 5.64. The number of alkyl halides is 1. The van der Waals surface area contributed by atoms with Crippen LogP contribution in [0.4, 0.5) is 13.2 Å². The molecule has 2 heterocycles. The van der Waals surface area contributed by atoms with Crippen molar-refractivity contribution in [3.63, 3.8) is 0 Å². The molecule has 3 rings (SSSR count). The van der Waals surface area contributed by atoms with Crippen LogP contribution in [0, 0.1) is 18.6 Å². The van der Waals surface area contributed by atoms with Gasteiger partial charge in [0.05, 0.1) is 5.56 Å². The lowest BCUT2D eigenvalue weighted by molar-refractivity contribution is 0.332. The summed E-state index contributed by atoms with van der Waals surface area (Å²) in [5.74, 6) is -2.78. The van der Waals surface area contributed by atoms with Crippen molar-refractivity contribution in [3.05, 3.63) is 53.6 Å². The standard InChI is InChI=1S/C17H13F3N2O3S/c1-9-11(4-3-5-21-9)16-15(14(8-18)25-22-16)10-6-12(19)17(13(20)7-10)26(2,23)24/h3-7H,8H2,1-2H3. The van der Waals surface area contributed by atoms with Gasteiger partial charge in [0.2, 0.25) is 0 Å². The summed E-state index contributed by atoms with van der Waals surface area (Å²) < 4.78 is 70.0. The summed E-state index contributed by atoms with van der Waals surface area (Å²) in [6.45, 7) is 0.634. The number of pyridine rings is 1. The molecule has 0 saturated carbocycles. The molecule has 0 fully saturated rings. The van der Waals surface area contributed by atoms with Gasteiger partial charge in [-0.25, -0.2) is 21.6 Å². The molecule has 0 unspecified atom stereocenters. The zero-order chi connectivity index (χ0) is 19.1. The number of aryl methyl sites for hydroxylation is 1. The number of hydrogen-bond acceptors (Lipinski definition) is 5. The van der Waals surface area contributed by atoms with Crippen LogP contribution in [0.5, 0.6) is 0 Å². The maximum absolute atomic E-state index is 14.3. The summed E-state index contributed by atoms with van der Waals surface area (Å²) in [4.78, 5) is 3.06. The fourth-order valence-electron chi connectivity index (χ4n) is 2.69. The Labute approximate surface area is 147 Å². The molecule has 1 aromatic carbocycles. The zero-order valence-corrected chi connectivity index (χ0v) is 14.6. The van der Waals surface area contributed by atoms with Crippen LogP contribution in [0.1, 0.15) is 11.5 Å². The molecule has 9 heteroatoms. The summed E-state index contributed by atoms with van der Waals surface area (Å²) in [6.07, 6.45) is 2.25. The summed E-state index contributed by atoms with van der Waals surface area (Å²) in [5, 5.41) is 3.81. The second kappa shape index (κ2) is 6.56. The minimum absolute atomic E-state index is 0.0430.